The highest BCUT2D eigenvalue weighted by atomic mass is 16.5. The number of hydrogen-bond donors (Lipinski definition) is 1. The molecule has 0 aromatic carbocycles. The number of esters is 1. The van der Waals surface area contributed by atoms with Gasteiger partial charge in [0.25, 0.3) is 0 Å². The van der Waals surface area contributed by atoms with Gasteiger partial charge in [0, 0.05) is 6.20 Å². The molecule has 0 fully saturated rings. The molecule has 0 amide bonds. The fourth-order valence-corrected chi connectivity index (χ4v) is 0.803. The number of nitrogens with two attached hydrogens (primary N) is 1. The lowest BCUT2D eigenvalue weighted by atomic mass is 10.2. The topological polar surface area (TPSA) is 55.6 Å². The van der Waals surface area contributed by atoms with Crippen molar-refractivity contribution in [3.63, 3.8) is 0 Å². The van der Waals surface area contributed by atoms with Gasteiger partial charge in [-0.05, 0) is 12.2 Å². The number of hydrazine groups is 1. The Hall–Kier alpha value is -1.55. The first-order chi connectivity index (χ1) is 5.65. The summed E-state index contributed by atoms with van der Waals surface area (Å²) in [7, 11) is 1.33. The maximum Gasteiger partial charge on any atom is 0.337 e. The molecule has 4 heteroatoms. The molecule has 0 unspecified atom stereocenters. The molecule has 0 radical (unpaired) electrons. The summed E-state index contributed by atoms with van der Waals surface area (Å²) in [5.41, 5.74) is 1.00. The summed E-state index contributed by atoms with van der Waals surface area (Å²) < 4.78 is 4.51. The van der Waals surface area contributed by atoms with Crippen molar-refractivity contribution in [3.05, 3.63) is 36.2 Å². The first kappa shape index (κ1) is 8.55. The van der Waals surface area contributed by atoms with Crippen LogP contribution in [0.5, 0.6) is 0 Å². The van der Waals surface area contributed by atoms with E-state index in [9.17, 15) is 4.79 Å². The third-order valence-corrected chi connectivity index (χ3v) is 1.49. The maximum atomic E-state index is 11.0. The maximum absolute atomic E-state index is 11.0. The van der Waals surface area contributed by atoms with E-state index < -0.39 is 0 Å². The third kappa shape index (κ3) is 1.54. The van der Waals surface area contributed by atoms with Crippen LogP contribution >= 0.6 is 0 Å². The molecule has 4 nitrogen and oxygen atoms in total. The van der Waals surface area contributed by atoms with Crippen LogP contribution in [0.25, 0.3) is 0 Å². The second-order valence-electron chi connectivity index (χ2n) is 2.31. The Kier molecular flexibility index (Phi) is 2.30. The van der Waals surface area contributed by atoms with Crippen molar-refractivity contribution in [1.29, 1.82) is 0 Å². The van der Waals surface area contributed by atoms with E-state index in [2.05, 4.69) is 11.3 Å². The van der Waals surface area contributed by atoms with Crippen molar-refractivity contribution < 1.29 is 9.53 Å². The summed E-state index contributed by atoms with van der Waals surface area (Å²) in [5.74, 6) is 5.04. The van der Waals surface area contributed by atoms with E-state index in [1.807, 2.05) is 0 Å². The zero-order valence-electron chi connectivity index (χ0n) is 6.78. The third-order valence-electron chi connectivity index (χ3n) is 1.49. The average molecular weight is 166 g/mol. The van der Waals surface area contributed by atoms with Crippen LogP contribution in [0.15, 0.2) is 36.2 Å². The SMILES string of the molecule is C=C1C=C(C(=O)OC)C=CN1N. The summed E-state index contributed by atoms with van der Waals surface area (Å²) in [6.45, 7) is 3.63. The summed E-state index contributed by atoms with van der Waals surface area (Å²) in [6.07, 6.45) is 4.68. The number of methoxy groups -OCH3 is 1. The van der Waals surface area contributed by atoms with Crippen LogP contribution < -0.4 is 5.84 Å². The predicted octanol–water partition coefficient (Wildman–Crippen LogP) is 0.303. The van der Waals surface area contributed by atoms with Crippen LogP contribution in [-0.2, 0) is 9.53 Å². The Bertz CT molecular complexity index is 277. The second-order valence-corrected chi connectivity index (χ2v) is 2.31. The fraction of sp³-hybridized carbons (Fsp3) is 0.125. The Morgan fingerprint density at radius 1 is 1.75 bits per heavy atom. The lowest BCUT2D eigenvalue weighted by molar-refractivity contribution is -0.135. The Morgan fingerprint density at radius 2 is 2.42 bits per heavy atom. The minimum Gasteiger partial charge on any atom is -0.465 e. The van der Waals surface area contributed by atoms with Crippen LogP contribution in [0.1, 0.15) is 0 Å². The fourth-order valence-electron chi connectivity index (χ4n) is 0.803. The van der Waals surface area contributed by atoms with Crippen molar-refractivity contribution in [2.45, 2.75) is 0 Å². The van der Waals surface area contributed by atoms with Crippen LogP contribution in [0, 0.1) is 0 Å². The minimum atomic E-state index is -0.388. The molecule has 1 heterocycles. The molecule has 1 rings (SSSR count). The highest BCUT2D eigenvalue weighted by Gasteiger charge is 2.11. The van der Waals surface area contributed by atoms with Gasteiger partial charge in [-0.25, -0.2) is 10.6 Å². The van der Waals surface area contributed by atoms with Gasteiger partial charge < -0.3 is 4.74 Å². The molecule has 0 saturated carbocycles. The highest BCUT2D eigenvalue weighted by Crippen LogP contribution is 2.12. The van der Waals surface area contributed by atoms with E-state index >= 15 is 0 Å². The quantitative estimate of drug-likeness (QED) is 0.449. The summed E-state index contributed by atoms with van der Waals surface area (Å²) in [6, 6.07) is 0. The Balaban J connectivity index is 2.83. The largest absolute Gasteiger partial charge is 0.465 e. The summed E-state index contributed by atoms with van der Waals surface area (Å²) in [4.78, 5) is 11.0. The molecule has 0 aliphatic carbocycles. The zero-order chi connectivity index (χ0) is 9.14. The number of carbonyl (C=O) groups excluding carboxylic acids is 1. The van der Waals surface area contributed by atoms with Gasteiger partial charge in [0.2, 0.25) is 0 Å². The molecule has 1 aliphatic heterocycles. The van der Waals surface area contributed by atoms with Gasteiger partial charge in [-0.2, -0.15) is 0 Å². The van der Waals surface area contributed by atoms with E-state index in [1.54, 1.807) is 18.4 Å². The number of carbonyl (C=O) groups is 1. The number of rotatable bonds is 1. The molecular formula is C8H10N2O2. The van der Waals surface area contributed by atoms with Crippen molar-refractivity contribution in [2.24, 2.45) is 5.84 Å². The van der Waals surface area contributed by atoms with Gasteiger partial charge in [-0.1, -0.05) is 6.58 Å². The first-order valence-electron chi connectivity index (χ1n) is 3.36. The van der Waals surface area contributed by atoms with Gasteiger partial charge in [0.05, 0.1) is 18.4 Å². The Morgan fingerprint density at radius 3 is 2.92 bits per heavy atom. The van der Waals surface area contributed by atoms with E-state index in [0.29, 0.717) is 11.3 Å². The number of ether oxygens (including phenoxy) is 1. The molecule has 0 aromatic rings. The van der Waals surface area contributed by atoms with E-state index in [-0.39, 0.29) is 5.97 Å². The smallest absolute Gasteiger partial charge is 0.337 e. The average Bonchev–Trinajstić information content (AvgIpc) is 2.08. The normalized spacial score (nSPS) is 16.0. The second kappa shape index (κ2) is 3.23. The van der Waals surface area contributed by atoms with Gasteiger partial charge in [-0.15, -0.1) is 0 Å². The van der Waals surface area contributed by atoms with Gasteiger partial charge in [-0.3, -0.25) is 5.01 Å². The lowest BCUT2D eigenvalue weighted by Crippen LogP contribution is -2.25. The van der Waals surface area contributed by atoms with Crippen LogP contribution in [0.4, 0.5) is 0 Å². The monoisotopic (exact) mass is 166 g/mol. The van der Waals surface area contributed by atoms with Crippen molar-refractivity contribution in [3.8, 4) is 0 Å². The molecule has 0 spiro atoms. The summed E-state index contributed by atoms with van der Waals surface area (Å²) >= 11 is 0. The van der Waals surface area contributed by atoms with E-state index in [1.165, 1.54) is 12.1 Å². The minimum absolute atomic E-state index is 0.388. The van der Waals surface area contributed by atoms with Gasteiger partial charge in [0.1, 0.15) is 0 Å². The van der Waals surface area contributed by atoms with Crippen LogP contribution in [0.2, 0.25) is 0 Å². The van der Waals surface area contributed by atoms with Crippen molar-refractivity contribution in [2.75, 3.05) is 7.11 Å². The first-order valence-corrected chi connectivity index (χ1v) is 3.36. The van der Waals surface area contributed by atoms with E-state index in [0.717, 1.165) is 0 Å². The number of hydrogen-bond acceptors (Lipinski definition) is 4. The molecule has 12 heavy (non-hydrogen) atoms. The molecule has 64 valence electrons. The molecule has 1 aliphatic rings. The number of allylic oxidation sites excluding steroid dienone is 1. The molecule has 0 saturated heterocycles. The molecule has 0 aromatic heterocycles. The van der Waals surface area contributed by atoms with Gasteiger partial charge >= 0.3 is 5.97 Å². The van der Waals surface area contributed by atoms with Gasteiger partial charge in [0.15, 0.2) is 0 Å². The molecule has 2 N–H and O–H groups in total. The van der Waals surface area contributed by atoms with Crippen LogP contribution in [-0.4, -0.2) is 18.1 Å². The van der Waals surface area contributed by atoms with Crippen molar-refractivity contribution in [1.82, 2.24) is 5.01 Å². The molecular weight excluding hydrogens is 156 g/mol. The van der Waals surface area contributed by atoms with Crippen LogP contribution in [0.3, 0.4) is 0 Å². The Labute approximate surface area is 70.6 Å². The summed E-state index contributed by atoms with van der Waals surface area (Å²) in [5, 5.41) is 1.33. The number of nitrogens with zero attached hydrogens (tertiary/aromatic N) is 1. The standard InChI is InChI=1S/C8H10N2O2/c1-6-5-7(8(11)12-2)3-4-10(6)9/h3-5H,1,9H2,2H3. The van der Waals surface area contributed by atoms with E-state index in [4.69, 9.17) is 5.84 Å². The lowest BCUT2D eigenvalue weighted by Gasteiger charge is -2.17. The molecule has 0 atom stereocenters. The molecule has 0 bridgehead atoms. The predicted molar refractivity (Wildman–Crippen MR) is 44.4 cm³/mol. The highest BCUT2D eigenvalue weighted by molar-refractivity contribution is 5.92. The van der Waals surface area contributed by atoms with Crippen molar-refractivity contribution >= 4 is 5.97 Å². The zero-order valence-corrected chi connectivity index (χ0v) is 6.78.